The third-order valence-corrected chi connectivity index (χ3v) is 5.23. The van der Waals surface area contributed by atoms with Gasteiger partial charge < -0.3 is 16.8 Å². The van der Waals surface area contributed by atoms with Crippen LogP contribution in [-0.2, 0) is 27.3 Å². The number of ketones is 2. The molecule has 0 aliphatic carbocycles. The Morgan fingerprint density at radius 2 is 1.48 bits per heavy atom. The van der Waals surface area contributed by atoms with E-state index in [0.29, 0.717) is 12.0 Å². The van der Waals surface area contributed by atoms with Crippen LogP contribution in [0, 0.1) is 5.92 Å². The van der Waals surface area contributed by atoms with Crippen LogP contribution in [0.15, 0.2) is 60.7 Å². The first-order valence-corrected chi connectivity index (χ1v) is 9.78. The third kappa shape index (κ3) is 5.59. The van der Waals surface area contributed by atoms with Gasteiger partial charge in [0, 0.05) is 13.0 Å². The number of Topliss-reactive ketones (excluding diaryl/α,β-unsaturated/α-hetero) is 2. The summed E-state index contributed by atoms with van der Waals surface area (Å²) in [5.41, 5.74) is 11.9. The van der Waals surface area contributed by atoms with Crippen molar-refractivity contribution in [2.45, 2.75) is 44.8 Å². The normalized spacial score (nSPS) is 15.0. The number of nitrogens with one attached hydrogen (secondary N) is 1. The van der Waals surface area contributed by atoms with E-state index in [9.17, 15) is 14.4 Å². The molecule has 0 aliphatic heterocycles. The summed E-state index contributed by atoms with van der Waals surface area (Å²) in [6.07, 6.45) is 0.567. The monoisotopic (exact) mass is 395 g/mol. The molecule has 0 spiro atoms. The fourth-order valence-corrected chi connectivity index (χ4v) is 3.07. The van der Waals surface area contributed by atoms with Crippen LogP contribution in [-0.4, -0.2) is 29.1 Å². The first-order valence-electron chi connectivity index (χ1n) is 9.78. The quantitative estimate of drug-likeness (QED) is 0.419. The zero-order chi connectivity index (χ0) is 21.4. The zero-order valence-corrected chi connectivity index (χ0v) is 16.9. The Morgan fingerprint density at radius 1 is 0.966 bits per heavy atom. The van der Waals surface area contributed by atoms with E-state index in [2.05, 4.69) is 5.32 Å². The van der Waals surface area contributed by atoms with Gasteiger partial charge in [-0.25, -0.2) is 0 Å². The van der Waals surface area contributed by atoms with E-state index in [4.69, 9.17) is 11.5 Å². The molecule has 6 nitrogen and oxygen atoms in total. The van der Waals surface area contributed by atoms with Crippen molar-refractivity contribution in [3.63, 3.8) is 0 Å². The van der Waals surface area contributed by atoms with Crippen LogP contribution >= 0.6 is 0 Å². The summed E-state index contributed by atoms with van der Waals surface area (Å²) < 4.78 is 0. The molecule has 0 heterocycles. The van der Waals surface area contributed by atoms with E-state index in [0.717, 1.165) is 5.56 Å². The van der Waals surface area contributed by atoms with Gasteiger partial charge in [0.15, 0.2) is 5.78 Å². The summed E-state index contributed by atoms with van der Waals surface area (Å²) in [4.78, 5) is 38.8. The molecule has 5 N–H and O–H groups in total. The van der Waals surface area contributed by atoms with Gasteiger partial charge in [-0.15, -0.1) is 0 Å². The first kappa shape index (κ1) is 22.5. The van der Waals surface area contributed by atoms with Crippen LogP contribution in [0.1, 0.15) is 31.4 Å². The molecule has 2 aromatic rings. The molecular formula is C23H29N3O3. The third-order valence-electron chi connectivity index (χ3n) is 5.23. The number of carbonyl (C=O) groups excluding carboxylic acids is 3. The highest BCUT2D eigenvalue weighted by Gasteiger charge is 2.47. The number of rotatable bonds is 10. The van der Waals surface area contributed by atoms with Crippen molar-refractivity contribution < 1.29 is 14.4 Å². The Balaban J connectivity index is 2.26. The summed E-state index contributed by atoms with van der Waals surface area (Å²) in [5.74, 6) is -2.64. The second kappa shape index (κ2) is 10.1. The fourth-order valence-electron chi connectivity index (χ4n) is 3.07. The van der Waals surface area contributed by atoms with Crippen molar-refractivity contribution in [1.82, 2.24) is 5.32 Å². The summed E-state index contributed by atoms with van der Waals surface area (Å²) in [6.45, 7) is 3.89. The van der Waals surface area contributed by atoms with E-state index in [1.165, 1.54) is 0 Å². The molecule has 0 fully saturated rings. The standard InChI is InChI=1S/C23H29N3O3/c1-3-16(2)19(24)20(27)23(25,14-17-10-6-4-7-11-17)21(28)22(29)26-15-18-12-8-5-9-13-18/h4-13,16,19H,3,14-15,24-25H2,1-2H3,(H,26,29)/t16-,19-,23-/m0/s1. The minimum Gasteiger partial charge on any atom is -0.345 e. The van der Waals surface area contributed by atoms with E-state index in [1.807, 2.05) is 50.2 Å². The Morgan fingerprint density at radius 3 is 2.00 bits per heavy atom. The van der Waals surface area contributed by atoms with Crippen LogP contribution in [0.25, 0.3) is 0 Å². The lowest BCUT2D eigenvalue weighted by atomic mass is 9.77. The second-order valence-electron chi connectivity index (χ2n) is 7.41. The maximum atomic E-state index is 13.1. The van der Waals surface area contributed by atoms with Gasteiger partial charge >= 0.3 is 0 Å². The average molecular weight is 396 g/mol. The summed E-state index contributed by atoms with van der Waals surface area (Å²) in [7, 11) is 0. The van der Waals surface area contributed by atoms with Gasteiger partial charge in [0.25, 0.3) is 5.91 Å². The van der Waals surface area contributed by atoms with Gasteiger partial charge in [0.2, 0.25) is 5.78 Å². The molecule has 6 heteroatoms. The van der Waals surface area contributed by atoms with Crippen molar-refractivity contribution in [3.8, 4) is 0 Å². The van der Waals surface area contributed by atoms with Crippen molar-refractivity contribution in [2.24, 2.45) is 17.4 Å². The van der Waals surface area contributed by atoms with Crippen LogP contribution in [0.2, 0.25) is 0 Å². The molecular weight excluding hydrogens is 366 g/mol. The van der Waals surface area contributed by atoms with Crippen molar-refractivity contribution in [3.05, 3.63) is 71.8 Å². The van der Waals surface area contributed by atoms with Crippen LogP contribution < -0.4 is 16.8 Å². The Kier molecular flexibility index (Phi) is 7.82. The minimum absolute atomic E-state index is 0.0889. The maximum absolute atomic E-state index is 13.1. The highest BCUT2D eigenvalue weighted by molar-refractivity contribution is 6.44. The highest BCUT2D eigenvalue weighted by atomic mass is 16.2. The number of carbonyl (C=O) groups is 3. The smallest absolute Gasteiger partial charge is 0.290 e. The van der Waals surface area contributed by atoms with Crippen LogP contribution in [0.5, 0.6) is 0 Å². The van der Waals surface area contributed by atoms with E-state index >= 15 is 0 Å². The maximum Gasteiger partial charge on any atom is 0.290 e. The largest absolute Gasteiger partial charge is 0.345 e. The second-order valence-corrected chi connectivity index (χ2v) is 7.41. The Labute approximate surface area is 171 Å². The fraction of sp³-hybridized carbons (Fsp3) is 0.348. The molecule has 0 unspecified atom stereocenters. The SMILES string of the molecule is CC[C@H](C)[C@H](N)C(=O)[C@@](N)(Cc1ccccc1)C(=O)C(=O)NCc1ccccc1. The number of benzene rings is 2. The topological polar surface area (TPSA) is 115 Å². The predicted octanol–water partition coefficient (Wildman–Crippen LogP) is 1.75. The lowest BCUT2D eigenvalue weighted by Gasteiger charge is -2.30. The predicted molar refractivity (Wildman–Crippen MR) is 113 cm³/mol. The zero-order valence-electron chi connectivity index (χ0n) is 16.9. The highest BCUT2D eigenvalue weighted by Crippen LogP contribution is 2.19. The van der Waals surface area contributed by atoms with E-state index < -0.39 is 29.1 Å². The minimum atomic E-state index is -2.02. The van der Waals surface area contributed by atoms with Crippen molar-refractivity contribution >= 4 is 17.5 Å². The van der Waals surface area contributed by atoms with E-state index in [-0.39, 0.29) is 18.9 Å². The molecule has 0 saturated carbocycles. The number of hydrogen-bond acceptors (Lipinski definition) is 5. The van der Waals surface area contributed by atoms with Gasteiger partial charge in [0.1, 0.15) is 5.54 Å². The molecule has 0 bridgehead atoms. The van der Waals surface area contributed by atoms with Gasteiger partial charge in [-0.1, -0.05) is 80.9 Å². The van der Waals surface area contributed by atoms with Crippen LogP contribution in [0.4, 0.5) is 0 Å². The first-order chi connectivity index (χ1) is 13.8. The molecule has 0 aromatic heterocycles. The average Bonchev–Trinajstić information content (AvgIpc) is 2.76. The van der Waals surface area contributed by atoms with Gasteiger partial charge in [0.05, 0.1) is 6.04 Å². The summed E-state index contributed by atoms with van der Waals surface area (Å²) in [5, 5.41) is 2.57. The van der Waals surface area contributed by atoms with E-state index in [1.54, 1.807) is 24.3 Å². The Bertz CT molecular complexity index is 839. The summed E-state index contributed by atoms with van der Waals surface area (Å²) in [6, 6.07) is 17.2. The Hall–Kier alpha value is -2.83. The molecule has 1 amide bonds. The van der Waals surface area contributed by atoms with Crippen LogP contribution in [0.3, 0.4) is 0 Å². The van der Waals surface area contributed by atoms with Gasteiger partial charge in [-0.2, -0.15) is 0 Å². The van der Waals surface area contributed by atoms with Crippen molar-refractivity contribution in [1.29, 1.82) is 0 Å². The molecule has 3 atom stereocenters. The number of amides is 1. The number of hydrogen-bond donors (Lipinski definition) is 3. The molecule has 0 aliphatic rings. The lowest BCUT2D eigenvalue weighted by Crippen LogP contribution is -2.65. The molecule has 29 heavy (non-hydrogen) atoms. The molecule has 2 rings (SSSR count). The summed E-state index contributed by atoms with van der Waals surface area (Å²) >= 11 is 0. The molecule has 0 radical (unpaired) electrons. The number of nitrogens with two attached hydrogens (primary N) is 2. The molecule has 154 valence electrons. The van der Waals surface area contributed by atoms with Crippen molar-refractivity contribution in [2.75, 3.05) is 0 Å². The molecule has 2 aromatic carbocycles. The molecule has 0 saturated heterocycles. The van der Waals surface area contributed by atoms with Gasteiger partial charge in [-0.3, -0.25) is 14.4 Å². The lowest BCUT2D eigenvalue weighted by molar-refractivity contribution is -0.145. The van der Waals surface area contributed by atoms with Gasteiger partial charge in [-0.05, 0) is 17.0 Å².